The third-order valence-electron chi connectivity index (χ3n) is 5.78. The minimum Gasteiger partial charge on any atom is -0.387 e. The molecule has 2 aromatic carbocycles. The number of nitrogens with one attached hydrogen (secondary N) is 2. The molecule has 6 heteroatoms. The molecule has 0 saturated carbocycles. The van der Waals surface area contributed by atoms with Gasteiger partial charge in [0, 0.05) is 30.4 Å². The first-order valence-electron chi connectivity index (χ1n) is 11.8. The monoisotopic (exact) mass is 460 g/mol. The lowest BCUT2D eigenvalue weighted by Crippen LogP contribution is -2.43. The van der Waals surface area contributed by atoms with E-state index in [0.717, 1.165) is 36.0 Å². The Morgan fingerprint density at radius 2 is 1.76 bits per heavy atom. The predicted octanol–water partition coefficient (Wildman–Crippen LogP) is 3.60. The Bertz CT molecular complexity index is 1040. The Labute approximate surface area is 202 Å². The number of nitrogens with zero attached hydrogens (tertiary/aromatic N) is 1. The van der Waals surface area contributed by atoms with Crippen LogP contribution in [0.3, 0.4) is 0 Å². The van der Waals surface area contributed by atoms with E-state index in [1.54, 1.807) is 18.3 Å². The van der Waals surface area contributed by atoms with Crippen LogP contribution in [0.4, 0.5) is 5.82 Å². The molecule has 0 spiro atoms. The predicted molar refractivity (Wildman–Crippen MR) is 137 cm³/mol. The minimum absolute atomic E-state index is 0.0443. The lowest BCUT2D eigenvalue weighted by Gasteiger charge is -2.28. The van der Waals surface area contributed by atoms with Gasteiger partial charge in [-0.3, -0.25) is 4.79 Å². The molecule has 0 bridgehead atoms. The Hall–Kier alpha value is -3.22. The van der Waals surface area contributed by atoms with E-state index in [0.29, 0.717) is 25.3 Å². The normalized spacial score (nSPS) is 12.3. The molecular formula is C28H36N4O2. The molecule has 6 nitrogen and oxygen atoms in total. The van der Waals surface area contributed by atoms with Gasteiger partial charge in [0.1, 0.15) is 5.82 Å². The number of aryl methyl sites for hydroxylation is 1. The fourth-order valence-corrected chi connectivity index (χ4v) is 3.94. The van der Waals surface area contributed by atoms with E-state index in [9.17, 15) is 9.90 Å². The highest BCUT2D eigenvalue weighted by atomic mass is 16.3. The van der Waals surface area contributed by atoms with Gasteiger partial charge in [0.2, 0.25) is 5.91 Å². The fourth-order valence-electron chi connectivity index (χ4n) is 3.94. The second-order valence-corrected chi connectivity index (χ2v) is 9.41. The van der Waals surface area contributed by atoms with Crippen molar-refractivity contribution in [2.45, 2.75) is 51.2 Å². The number of pyridine rings is 1. The molecule has 1 heterocycles. The van der Waals surface area contributed by atoms with Gasteiger partial charge in [-0.25, -0.2) is 4.98 Å². The first kappa shape index (κ1) is 25.4. The summed E-state index contributed by atoms with van der Waals surface area (Å²) in [6.07, 6.45) is 3.97. The topological polar surface area (TPSA) is 100 Å². The molecular weight excluding hydrogens is 424 g/mol. The maximum atomic E-state index is 12.4. The number of β-amino-alcohol motifs (C(OH)–C–C–N with tert-alkyl or cyclic N) is 1. The molecule has 180 valence electrons. The van der Waals surface area contributed by atoms with Crippen molar-refractivity contribution in [2.75, 3.05) is 18.8 Å². The summed E-state index contributed by atoms with van der Waals surface area (Å²) in [5.74, 6) is 0.479. The van der Waals surface area contributed by atoms with Gasteiger partial charge in [0.25, 0.3) is 0 Å². The second kappa shape index (κ2) is 12.3. The van der Waals surface area contributed by atoms with Gasteiger partial charge in [-0.15, -0.1) is 0 Å². The Kier molecular flexibility index (Phi) is 9.19. The van der Waals surface area contributed by atoms with Crippen LogP contribution in [-0.4, -0.2) is 34.6 Å². The van der Waals surface area contributed by atoms with Crippen molar-refractivity contribution in [2.24, 2.45) is 0 Å². The second-order valence-electron chi connectivity index (χ2n) is 9.41. The number of aliphatic hydroxyl groups excluding tert-OH is 1. The van der Waals surface area contributed by atoms with Crippen LogP contribution >= 0.6 is 0 Å². The number of rotatable bonds is 12. The zero-order chi connectivity index (χ0) is 24.4. The number of nitrogens with two attached hydrogens (primary N) is 1. The maximum absolute atomic E-state index is 12.4. The average Bonchev–Trinajstić information content (AvgIpc) is 2.81. The number of carbonyl (C=O) groups is 1. The third kappa shape index (κ3) is 8.61. The van der Waals surface area contributed by atoms with E-state index in [2.05, 4.69) is 53.7 Å². The van der Waals surface area contributed by atoms with Crippen LogP contribution in [0.1, 0.15) is 48.6 Å². The standard InChI is InChI=1S/C28H36N4O2/c1-28(2,32-20-25(33)24-13-14-26(29)31-19-24)18-23-11-6-10-22(16-23)17-27(34)30-15-7-12-21-8-4-3-5-9-21/h3-6,8-11,13-14,16,19,25,32-33H,7,12,15,17-18,20H2,1-2H3,(H2,29,31)(H,30,34)/t25-/m0/s1. The number of anilines is 1. The summed E-state index contributed by atoms with van der Waals surface area (Å²) in [6.45, 7) is 5.29. The molecule has 0 aliphatic rings. The van der Waals surface area contributed by atoms with E-state index in [4.69, 9.17) is 5.73 Å². The van der Waals surface area contributed by atoms with Crippen molar-refractivity contribution >= 4 is 11.7 Å². The highest BCUT2D eigenvalue weighted by molar-refractivity contribution is 5.78. The van der Waals surface area contributed by atoms with Crippen LogP contribution in [0.5, 0.6) is 0 Å². The lowest BCUT2D eigenvalue weighted by molar-refractivity contribution is -0.120. The van der Waals surface area contributed by atoms with Crippen LogP contribution < -0.4 is 16.4 Å². The summed E-state index contributed by atoms with van der Waals surface area (Å²) in [5, 5.41) is 16.9. The molecule has 5 N–H and O–H groups in total. The fraction of sp³-hybridized carbons (Fsp3) is 0.357. The van der Waals surface area contributed by atoms with E-state index < -0.39 is 6.10 Å². The number of aromatic nitrogens is 1. The van der Waals surface area contributed by atoms with E-state index >= 15 is 0 Å². The van der Waals surface area contributed by atoms with Gasteiger partial charge >= 0.3 is 0 Å². The number of nitrogen functional groups attached to an aromatic ring is 1. The molecule has 34 heavy (non-hydrogen) atoms. The van der Waals surface area contributed by atoms with Crippen molar-refractivity contribution in [3.05, 3.63) is 95.2 Å². The highest BCUT2D eigenvalue weighted by Gasteiger charge is 2.20. The van der Waals surface area contributed by atoms with Crippen molar-refractivity contribution in [1.29, 1.82) is 0 Å². The molecule has 0 aliphatic carbocycles. The largest absolute Gasteiger partial charge is 0.387 e. The highest BCUT2D eigenvalue weighted by Crippen LogP contribution is 2.17. The summed E-state index contributed by atoms with van der Waals surface area (Å²) >= 11 is 0. The van der Waals surface area contributed by atoms with Crippen LogP contribution in [0.2, 0.25) is 0 Å². The van der Waals surface area contributed by atoms with Crippen molar-refractivity contribution in [1.82, 2.24) is 15.6 Å². The van der Waals surface area contributed by atoms with Crippen molar-refractivity contribution < 1.29 is 9.90 Å². The number of carbonyl (C=O) groups excluding carboxylic acids is 1. The molecule has 1 atom stereocenters. The van der Waals surface area contributed by atoms with Gasteiger partial charge in [-0.05, 0) is 55.9 Å². The molecule has 3 rings (SSSR count). The molecule has 1 amide bonds. The summed E-state index contributed by atoms with van der Waals surface area (Å²) in [6, 6.07) is 21.9. The van der Waals surface area contributed by atoms with Crippen LogP contribution in [0.15, 0.2) is 72.9 Å². The first-order valence-corrected chi connectivity index (χ1v) is 11.8. The first-order chi connectivity index (χ1) is 16.3. The molecule has 0 unspecified atom stereocenters. The van der Waals surface area contributed by atoms with Gasteiger partial charge in [-0.1, -0.05) is 60.7 Å². The van der Waals surface area contributed by atoms with E-state index in [1.165, 1.54) is 5.56 Å². The zero-order valence-electron chi connectivity index (χ0n) is 20.1. The Morgan fingerprint density at radius 3 is 2.50 bits per heavy atom. The molecule has 0 saturated heterocycles. The minimum atomic E-state index is -0.663. The van der Waals surface area contributed by atoms with Crippen molar-refractivity contribution in [3.63, 3.8) is 0 Å². The number of aliphatic hydroxyl groups is 1. The average molecular weight is 461 g/mol. The zero-order valence-corrected chi connectivity index (χ0v) is 20.1. The quantitative estimate of drug-likeness (QED) is 0.310. The summed E-state index contributed by atoms with van der Waals surface area (Å²) in [7, 11) is 0. The summed E-state index contributed by atoms with van der Waals surface area (Å²) in [5.41, 5.74) is 9.55. The van der Waals surface area contributed by atoms with Gasteiger partial charge < -0.3 is 21.5 Å². The Morgan fingerprint density at radius 1 is 1.03 bits per heavy atom. The molecule has 0 fully saturated rings. The lowest BCUT2D eigenvalue weighted by atomic mass is 9.93. The molecule has 0 radical (unpaired) electrons. The van der Waals surface area contributed by atoms with E-state index in [1.807, 2.05) is 30.3 Å². The van der Waals surface area contributed by atoms with Crippen molar-refractivity contribution in [3.8, 4) is 0 Å². The summed E-state index contributed by atoms with van der Waals surface area (Å²) < 4.78 is 0. The molecule has 3 aromatic rings. The van der Waals surface area contributed by atoms with Gasteiger partial charge in [0.15, 0.2) is 0 Å². The third-order valence-corrected chi connectivity index (χ3v) is 5.78. The number of amides is 1. The summed E-state index contributed by atoms with van der Waals surface area (Å²) in [4.78, 5) is 16.4. The Balaban J connectivity index is 1.44. The molecule has 0 aliphatic heterocycles. The number of benzene rings is 2. The molecule has 1 aromatic heterocycles. The van der Waals surface area contributed by atoms with Gasteiger partial charge in [0.05, 0.1) is 12.5 Å². The van der Waals surface area contributed by atoms with Crippen LogP contribution in [-0.2, 0) is 24.1 Å². The number of hydrogen-bond donors (Lipinski definition) is 4. The van der Waals surface area contributed by atoms with Crippen LogP contribution in [0, 0.1) is 0 Å². The van der Waals surface area contributed by atoms with Crippen LogP contribution in [0.25, 0.3) is 0 Å². The maximum Gasteiger partial charge on any atom is 0.224 e. The SMILES string of the molecule is CC(C)(Cc1cccc(CC(=O)NCCCc2ccccc2)c1)NC[C@H](O)c1ccc(N)nc1. The van der Waals surface area contributed by atoms with E-state index in [-0.39, 0.29) is 11.4 Å². The van der Waals surface area contributed by atoms with Gasteiger partial charge in [-0.2, -0.15) is 0 Å². The smallest absolute Gasteiger partial charge is 0.224 e. The number of hydrogen-bond acceptors (Lipinski definition) is 5.